The molecule has 0 amide bonds. The highest BCUT2D eigenvalue weighted by atomic mass is 16.3. The molecule has 0 bridgehead atoms. The average molecular weight is 284 g/mol. The van der Waals surface area contributed by atoms with E-state index in [2.05, 4.69) is 35.4 Å². The monoisotopic (exact) mass is 284 g/mol. The van der Waals surface area contributed by atoms with Gasteiger partial charge < -0.3 is 9.73 Å². The molecule has 1 aliphatic carbocycles. The second-order valence-electron chi connectivity index (χ2n) is 5.83. The molecule has 1 N–H and O–H groups in total. The van der Waals surface area contributed by atoms with Gasteiger partial charge in [0.25, 0.3) is 0 Å². The van der Waals surface area contributed by atoms with E-state index in [0.717, 1.165) is 25.1 Å². The van der Waals surface area contributed by atoms with Crippen LogP contribution in [0.3, 0.4) is 0 Å². The van der Waals surface area contributed by atoms with Crippen LogP contribution in [0.15, 0.2) is 41.1 Å². The zero-order chi connectivity index (χ0) is 14.5. The second-order valence-corrected chi connectivity index (χ2v) is 5.83. The summed E-state index contributed by atoms with van der Waals surface area (Å²) in [5, 5.41) is 3.67. The number of aromatic nitrogens is 1. The lowest BCUT2D eigenvalue weighted by Crippen LogP contribution is -2.37. The van der Waals surface area contributed by atoms with Gasteiger partial charge in [-0.1, -0.05) is 13.0 Å². The number of fused-ring (bicyclic) bond motifs is 1. The fourth-order valence-electron chi connectivity index (χ4n) is 3.50. The van der Waals surface area contributed by atoms with Crippen molar-refractivity contribution in [1.29, 1.82) is 0 Å². The summed E-state index contributed by atoms with van der Waals surface area (Å²) in [5.74, 6) is 1.61. The van der Waals surface area contributed by atoms with Gasteiger partial charge in [-0.2, -0.15) is 0 Å². The Labute approximate surface area is 126 Å². The van der Waals surface area contributed by atoms with Crippen molar-refractivity contribution in [2.45, 2.75) is 51.0 Å². The molecule has 0 fully saturated rings. The summed E-state index contributed by atoms with van der Waals surface area (Å²) >= 11 is 0. The van der Waals surface area contributed by atoms with E-state index in [9.17, 15) is 0 Å². The smallest absolute Gasteiger partial charge is 0.103 e. The largest absolute Gasteiger partial charge is 0.469 e. The molecule has 2 unspecified atom stereocenters. The maximum atomic E-state index is 5.48. The van der Waals surface area contributed by atoms with Gasteiger partial charge in [-0.25, -0.2) is 0 Å². The summed E-state index contributed by atoms with van der Waals surface area (Å²) in [6.45, 7) is 3.18. The van der Waals surface area contributed by atoms with E-state index >= 15 is 0 Å². The molecule has 0 saturated carbocycles. The minimum Gasteiger partial charge on any atom is -0.469 e. The van der Waals surface area contributed by atoms with Gasteiger partial charge in [-0.15, -0.1) is 0 Å². The molecule has 2 heterocycles. The van der Waals surface area contributed by atoms with Crippen LogP contribution in [0.25, 0.3) is 0 Å². The highest BCUT2D eigenvalue weighted by Crippen LogP contribution is 2.33. The lowest BCUT2D eigenvalue weighted by Gasteiger charge is -2.32. The molecule has 0 radical (unpaired) electrons. The molecule has 21 heavy (non-hydrogen) atoms. The van der Waals surface area contributed by atoms with E-state index in [-0.39, 0.29) is 0 Å². The molecular formula is C18H24N2O. The fourth-order valence-corrected chi connectivity index (χ4v) is 3.50. The topological polar surface area (TPSA) is 38.1 Å². The van der Waals surface area contributed by atoms with E-state index in [1.165, 1.54) is 30.5 Å². The third-order valence-electron chi connectivity index (χ3n) is 4.47. The average Bonchev–Trinajstić information content (AvgIpc) is 3.04. The molecule has 0 saturated heterocycles. The number of likely N-dealkylation sites (N-methyl/N-ethyl adjacent to an activating group) is 1. The molecule has 3 heteroatoms. The van der Waals surface area contributed by atoms with Gasteiger partial charge in [0, 0.05) is 30.3 Å². The van der Waals surface area contributed by atoms with Crippen molar-refractivity contribution in [3.05, 3.63) is 53.7 Å². The summed E-state index contributed by atoms with van der Waals surface area (Å²) < 4.78 is 5.48. The molecule has 2 aromatic heterocycles. The zero-order valence-corrected chi connectivity index (χ0v) is 12.7. The number of pyridine rings is 1. The van der Waals surface area contributed by atoms with Crippen LogP contribution in [0, 0.1) is 0 Å². The molecule has 0 spiro atoms. The molecule has 0 aliphatic heterocycles. The van der Waals surface area contributed by atoms with Crippen LogP contribution in [0.5, 0.6) is 0 Å². The van der Waals surface area contributed by atoms with Crippen LogP contribution < -0.4 is 5.32 Å². The van der Waals surface area contributed by atoms with Crippen LogP contribution >= 0.6 is 0 Å². The van der Waals surface area contributed by atoms with Crippen LogP contribution in [0.4, 0.5) is 0 Å². The Balaban J connectivity index is 1.74. The Bertz CT molecular complexity index is 550. The maximum Gasteiger partial charge on any atom is 0.103 e. The van der Waals surface area contributed by atoms with Crippen molar-refractivity contribution in [3.63, 3.8) is 0 Å². The third kappa shape index (κ3) is 3.35. The molecule has 3 nitrogen and oxygen atoms in total. The van der Waals surface area contributed by atoms with Gasteiger partial charge >= 0.3 is 0 Å². The molecule has 1 aliphatic rings. The normalized spacial score (nSPS) is 19.2. The summed E-state index contributed by atoms with van der Waals surface area (Å²) in [5.41, 5.74) is 2.75. The Morgan fingerprint density at radius 3 is 3.14 bits per heavy atom. The molecule has 3 rings (SSSR count). The third-order valence-corrected chi connectivity index (χ3v) is 4.47. The highest BCUT2D eigenvalue weighted by Gasteiger charge is 2.28. The van der Waals surface area contributed by atoms with Gasteiger partial charge in [0.15, 0.2) is 0 Å². The van der Waals surface area contributed by atoms with Gasteiger partial charge in [0.2, 0.25) is 0 Å². The predicted octanol–water partition coefficient (Wildman–Crippen LogP) is 3.71. The number of nitrogens with zero attached hydrogens (tertiary/aromatic N) is 1. The Morgan fingerprint density at radius 2 is 2.33 bits per heavy atom. The first-order valence-corrected chi connectivity index (χ1v) is 8.08. The van der Waals surface area contributed by atoms with Gasteiger partial charge in [-0.3, -0.25) is 4.98 Å². The Morgan fingerprint density at radius 1 is 1.38 bits per heavy atom. The first-order chi connectivity index (χ1) is 10.4. The predicted molar refractivity (Wildman–Crippen MR) is 84.4 cm³/mol. The molecule has 2 aromatic rings. The Kier molecular flexibility index (Phi) is 4.71. The minimum absolute atomic E-state index is 0.481. The van der Waals surface area contributed by atoms with Crippen molar-refractivity contribution >= 4 is 0 Å². The quantitative estimate of drug-likeness (QED) is 0.879. The molecule has 112 valence electrons. The lowest BCUT2D eigenvalue weighted by atomic mass is 9.80. The summed E-state index contributed by atoms with van der Waals surface area (Å²) in [4.78, 5) is 4.69. The van der Waals surface area contributed by atoms with Crippen LogP contribution in [0.2, 0.25) is 0 Å². The highest BCUT2D eigenvalue weighted by molar-refractivity contribution is 5.27. The van der Waals surface area contributed by atoms with E-state index in [4.69, 9.17) is 4.42 Å². The number of hydrogen-bond donors (Lipinski definition) is 1. The Hall–Kier alpha value is -1.61. The van der Waals surface area contributed by atoms with Crippen LogP contribution in [-0.2, 0) is 12.8 Å². The molecule has 2 atom stereocenters. The van der Waals surface area contributed by atoms with E-state index in [1.54, 1.807) is 6.26 Å². The number of rotatable bonds is 6. The van der Waals surface area contributed by atoms with Crippen molar-refractivity contribution in [1.82, 2.24) is 10.3 Å². The lowest BCUT2D eigenvalue weighted by molar-refractivity contribution is 0.362. The van der Waals surface area contributed by atoms with Crippen molar-refractivity contribution in [2.75, 3.05) is 6.54 Å². The van der Waals surface area contributed by atoms with E-state index < -0.39 is 0 Å². The number of nitrogens with one attached hydrogen (secondary N) is 1. The molecule has 0 aromatic carbocycles. The first kappa shape index (κ1) is 14.3. The van der Waals surface area contributed by atoms with Crippen LogP contribution in [0.1, 0.15) is 49.1 Å². The van der Waals surface area contributed by atoms with Crippen LogP contribution in [-0.4, -0.2) is 17.6 Å². The van der Waals surface area contributed by atoms with Crippen molar-refractivity contribution < 1.29 is 4.42 Å². The number of furan rings is 1. The van der Waals surface area contributed by atoms with Gasteiger partial charge in [0.05, 0.1) is 6.26 Å². The minimum atomic E-state index is 0.481. The fraction of sp³-hybridized carbons (Fsp3) is 0.500. The molecular weight excluding hydrogens is 260 g/mol. The van der Waals surface area contributed by atoms with E-state index in [1.807, 2.05) is 12.3 Å². The zero-order valence-electron chi connectivity index (χ0n) is 12.7. The van der Waals surface area contributed by atoms with Crippen molar-refractivity contribution in [2.24, 2.45) is 0 Å². The summed E-state index contributed by atoms with van der Waals surface area (Å²) in [6.07, 6.45) is 9.47. The standard InChI is InChI=1S/C18H24N2O/c1-2-19-17(11-10-15-8-5-13-21-15)16-9-3-6-14-7-4-12-20-18(14)16/h4-5,7-8,12-13,16-17,19H,2-3,6,9-11H2,1H3. The van der Waals surface area contributed by atoms with E-state index in [0.29, 0.717) is 12.0 Å². The van der Waals surface area contributed by atoms with Gasteiger partial charge in [0.1, 0.15) is 5.76 Å². The number of aryl methyl sites for hydroxylation is 2. The SMILES string of the molecule is CCNC(CCc1ccco1)C1CCCc2cccnc21. The summed E-state index contributed by atoms with van der Waals surface area (Å²) in [6, 6.07) is 8.82. The maximum absolute atomic E-state index is 5.48. The van der Waals surface area contributed by atoms with Crippen molar-refractivity contribution in [3.8, 4) is 0 Å². The van der Waals surface area contributed by atoms with Gasteiger partial charge in [-0.05, 0) is 56.0 Å². The first-order valence-electron chi connectivity index (χ1n) is 8.08. The number of hydrogen-bond acceptors (Lipinski definition) is 3. The summed E-state index contributed by atoms with van der Waals surface area (Å²) in [7, 11) is 0. The second kappa shape index (κ2) is 6.90.